The topological polar surface area (TPSA) is 96.0 Å². The molecular weight excluding hydrogens is 478 g/mol. The van der Waals surface area contributed by atoms with Gasteiger partial charge in [0.2, 0.25) is 21.8 Å². The van der Waals surface area contributed by atoms with Crippen LogP contribution in [-0.4, -0.2) is 57.6 Å². The lowest BCUT2D eigenvalue weighted by molar-refractivity contribution is -0.140. The molecule has 10 heteroatoms. The zero-order valence-electron chi connectivity index (χ0n) is 20.0. The van der Waals surface area contributed by atoms with Gasteiger partial charge < -0.3 is 15.0 Å². The Labute approximate surface area is 206 Å². The van der Waals surface area contributed by atoms with E-state index in [4.69, 9.17) is 16.3 Å². The number of ether oxygens (including phenoxy) is 1. The highest BCUT2D eigenvalue weighted by Gasteiger charge is 2.32. The summed E-state index contributed by atoms with van der Waals surface area (Å²) in [6, 6.07) is 13.0. The Kier molecular flexibility index (Phi) is 10.2. The van der Waals surface area contributed by atoms with Crippen molar-refractivity contribution in [3.05, 3.63) is 59.1 Å². The van der Waals surface area contributed by atoms with Crippen LogP contribution in [0.2, 0.25) is 5.02 Å². The van der Waals surface area contributed by atoms with Crippen molar-refractivity contribution >= 4 is 39.1 Å². The quantitative estimate of drug-likeness (QED) is 0.472. The van der Waals surface area contributed by atoms with Crippen LogP contribution >= 0.6 is 11.6 Å². The maximum absolute atomic E-state index is 13.6. The van der Waals surface area contributed by atoms with Crippen molar-refractivity contribution in [3.8, 4) is 5.75 Å². The van der Waals surface area contributed by atoms with E-state index in [1.807, 2.05) is 44.2 Å². The van der Waals surface area contributed by atoms with Gasteiger partial charge in [0.05, 0.1) is 19.1 Å². The fourth-order valence-corrected chi connectivity index (χ4v) is 4.53. The largest absolute Gasteiger partial charge is 0.495 e. The summed E-state index contributed by atoms with van der Waals surface area (Å²) in [4.78, 5) is 27.9. The summed E-state index contributed by atoms with van der Waals surface area (Å²) >= 11 is 6.11. The standard InChI is InChI=1S/C24H32ClN3O5S/c1-5-14-26-24(30)20(6-2)27(16-18-10-8-7-9-11-18)23(29)17-28(34(4,31)32)21-15-19(25)12-13-22(21)33-3/h7-13,15,20H,5-6,14,16-17H2,1-4H3,(H,26,30)/t20-/m1/s1. The molecule has 0 saturated carbocycles. The van der Waals surface area contributed by atoms with Crippen LogP contribution in [-0.2, 0) is 26.2 Å². The third kappa shape index (κ3) is 7.36. The van der Waals surface area contributed by atoms with Gasteiger partial charge in [0.25, 0.3) is 0 Å². The van der Waals surface area contributed by atoms with Crippen molar-refractivity contribution in [3.63, 3.8) is 0 Å². The van der Waals surface area contributed by atoms with Gasteiger partial charge in [-0.3, -0.25) is 13.9 Å². The molecule has 1 atom stereocenters. The first-order valence-electron chi connectivity index (χ1n) is 11.0. The maximum atomic E-state index is 13.6. The number of methoxy groups -OCH3 is 1. The minimum absolute atomic E-state index is 0.147. The highest BCUT2D eigenvalue weighted by atomic mass is 35.5. The molecule has 186 valence electrons. The van der Waals surface area contributed by atoms with Gasteiger partial charge in [0.1, 0.15) is 18.3 Å². The van der Waals surface area contributed by atoms with Gasteiger partial charge in [-0.2, -0.15) is 0 Å². The van der Waals surface area contributed by atoms with E-state index in [1.54, 1.807) is 6.07 Å². The number of benzene rings is 2. The van der Waals surface area contributed by atoms with E-state index < -0.39 is 28.5 Å². The minimum atomic E-state index is -3.89. The lowest BCUT2D eigenvalue weighted by Crippen LogP contribution is -2.52. The number of sulfonamides is 1. The number of carbonyl (C=O) groups is 2. The molecule has 2 rings (SSSR count). The van der Waals surface area contributed by atoms with E-state index >= 15 is 0 Å². The van der Waals surface area contributed by atoms with Crippen LogP contribution in [0.25, 0.3) is 0 Å². The normalized spacial score (nSPS) is 12.0. The molecule has 0 fully saturated rings. The van der Waals surface area contributed by atoms with Gasteiger partial charge in [0, 0.05) is 18.1 Å². The molecule has 0 radical (unpaired) electrons. The second-order valence-electron chi connectivity index (χ2n) is 7.81. The average Bonchev–Trinajstić information content (AvgIpc) is 2.80. The van der Waals surface area contributed by atoms with Gasteiger partial charge in [-0.1, -0.05) is 55.8 Å². The third-order valence-corrected chi connectivity index (χ3v) is 6.58. The summed E-state index contributed by atoms with van der Waals surface area (Å²) in [7, 11) is -2.48. The summed E-state index contributed by atoms with van der Waals surface area (Å²) in [5.41, 5.74) is 0.970. The summed E-state index contributed by atoms with van der Waals surface area (Å²) in [5.74, 6) is -0.542. The number of nitrogens with zero attached hydrogens (tertiary/aromatic N) is 2. The molecule has 0 saturated heterocycles. The van der Waals surface area contributed by atoms with Crippen molar-refractivity contribution < 1.29 is 22.7 Å². The molecule has 2 amide bonds. The zero-order chi connectivity index (χ0) is 25.3. The summed E-state index contributed by atoms with van der Waals surface area (Å²) < 4.78 is 31.7. The first kappa shape index (κ1) is 27.5. The number of halogens is 1. The minimum Gasteiger partial charge on any atom is -0.495 e. The first-order valence-corrected chi connectivity index (χ1v) is 13.3. The van der Waals surface area contributed by atoms with Crippen LogP contribution in [0.5, 0.6) is 5.75 Å². The van der Waals surface area contributed by atoms with Gasteiger partial charge >= 0.3 is 0 Å². The number of nitrogens with one attached hydrogen (secondary N) is 1. The Bertz CT molecular complexity index is 1080. The van der Waals surface area contributed by atoms with E-state index in [1.165, 1.54) is 24.1 Å². The second-order valence-corrected chi connectivity index (χ2v) is 10.2. The molecule has 0 bridgehead atoms. The first-order chi connectivity index (χ1) is 16.1. The number of amides is 2. The van der Waals surface area contributed by atoms with E-state index in [-0.39, 0.29) is 23.9 Å². The van der Waals surface area contributed by atoms with E-state index in [9.17, 15) is 18.0 Å². The Balaban J connectivity index is 2.47. The van der Waals surface area contributed by atoms with Gasteiger partial charge in [-0.05, 0) is 36.6 Å². The highest BCUT2D eigenvalue weighted by Crippen LogP contribution is 2.33. The fourth-order valence-electron chi connectivity index (χ4n) is 3.52. The second kappa shape index (κ2) is 12.6. The van der Waals surface area contributed by atoms with Crippen LogP contribution in [0.15, 0.2) is 48.5 Å². The summed E-state index contributed by atoms with van der Waals surface area (Å²) in [6.07, 6.45) is 2.13. The monoisotopic (exact) mass is 509 g/mol. The molecular formula is C24H32ClN3O5S. The lowest BCUT2D eigenvalue weighted by Gasteiger charge is -2.33. The number of hydrogen-bond donors (Lipinski definition) is 1. The van der Waals surface area contributed by atoms with Crippen LogP contribution in [0.3, 0.4) is 0 Å². The summed E-state index contributed by atoms with van der Waals surface area (Å²) in [5, 5.41) is 3.14. The van der Waals surface area contributed by atoms with Crippen molar-refractivity contribution in [2.24, 2.45) is 0 Å². The van der Waals surface area contributed by atoms with E-state index in [2.05, 4.69) is 5.32 Å². The molecule has 2 aromatic carbocycles. The smallest absolute Gasteiger partial charge is 0.244 e. The number of anilines is 1. The molecule has 0 spiro atoms. The molecule has 0 heterocycles. The summed E-state index contributed by atoms with van der Waals surface area (Å²) in [6.45, 7) is 3.88. The number of carbonyl (C=O) groups excluding carboxylic acids is 2. The average molecular weight is 510 g/mol. The number of rotatable bonds is 12. The number of hydrogen-bond acceptors (Lipinski definition) is 5. The molecule has 0 aliphatic heterocycles. The van der Waals surface area contributed by atoms with Gasteiger partial charge in [-0.25, -0.2) is 8.42 Å². The van der Waals surface area contributed by atoms with Crippen molar-refractivity contribution in [2.75, 3.05) is 30.8 Å². The Morgan fingerprint density at radius 1 is 1.12 bits per heavy atom. The molecule has 0 aliphatic rings. The lowest BCUT2D eigenvalue weighted by atomic mass is 10.1. The van der Waals surface area contributed by atoms with Crippen LogP contribution in [0.4, 0.5) is 5.69 Å². The zero-order valence-corrected chi connectivity index (χ0v) is 21.5. The van der Waals surface area contributed by atoms with Crippen LogP contribution in [0, 0.1) is 0 Å². The third-order valence-electron chi connectivity index (χ3n) is 5.22. The Morgan fingerprint density at radius 3 is 2.35 bits per heavy atom. The molecule has 34 heavy (non-hydrogen) atoms. The molecule has 1 N–H and O–H groups in total. The van der Waals surface area contributed by atoms with Crippen LogP contribution < -0.4 is 14.4 Å². The van der Waals surface area contributed by atoms with Crippen LogP contribution in [0.1, 0.15) is 32.3 Å². The molecule has 0 aromatic heterocycles. The predicted octanol–water partition coefficient (Wildman–Crippen LogP) is 3.45. The molecule has 2 aromatic rings. The highest BCUT2D eigenvalue weighted by molar-refractivity contribution is 7.92. The molecule has 8 nitrogen and oxygen atoms in total. The Hall–Kier alpha value is -2.78. The van der Waals surface area contributed by atoms with Crippen molar-refractivity contribution in [2.45, 2.75) is 39.3 Å². The van der Waals surface area contributed by atoms with Crippen molar-refractivity contribution in [1.82, 2.24) is 10.2 Å². The van der Waals surface area contributed by atoms with Gasteiger partial charge in [0.15, 0.2) is 0 Å². The van der Waals surface area contributed by atoms with E-state index in [0.717, 1.165) is 22.5 Å². The Morgan fingerprint density at radius 2 is 1.79 bits per heavy atom. The van der Waals surface area contributed by atoms with Crippen molar-refractivity contribution in [1.29, 1.82) is 0 Å². The maximum Gasteiger partial charge on any atom is 0.244 e. The SMILES string of the molecule is CCCNC(=O)[C@@H](CC)N(Cc1ccccc1)C(=O)CN(c1cc(Cl)ccc1OC)S(C)(=O)=O. The molecule has 0 aliphatic carbocycles. The fraction of sp³-hybridized carbons (Fsp3) is 0.417. The predicted molar refractivity (Wildman–Crippen MR) is 135 cm³/mol. The van der Waals surface area contributed by atoms with Gasteiger partial charge in [-0.15, -0.1) is 0 Å². The molecule has 0 unspecified atom stereocenters. The van der Waals surface area contributed by atoms with E-state index in [0.29, 0.717) is 18.0 Å².